The van der Waals surface area contributed by atoms with E-state index in [0.717, 1.165) is 0 Å². The van der Waals surface area contributed by atoms with E-state index in [-0.39, 0.29) is 25.9 Å². The van der Waals surface area contributed by atoms with Gasteiger partial charge < -0.3 is 9.84 Å². The van der Waals surface area contributed by atoms with E-state index < -0.39 is 25.0 Å². The monoisotopic (exact) mass is 308 g/mol. The summed E-state index contributed by atoms with van der Waals surface area (Å²) in [5, 5.41) is 1.88. The van der Waals surface area contributed by atoms with Crippen LogP contribution in [-0.2, 0) is 13.9 Å². The number of amides is 1. The zero-order chi connectivity index (χ0) is 14.0. The summed E-state index contributed by atoms with van der Waals surface area (Å²) >= 11 is 5.62. The summed E-state index contributed by atoms with van der Waals surface area (Å²) in [7, 11) is 1.20. The molecule has 106 valence electrons. The zero-order valence-electron chi connectivity index (χ0n) is 9.54. The van der Waals surface area contributed by atoms with Crippen LogP contribution >= 0.6 is 18.1 Å². The fourth-order valence-electron chi connectivity index (χ4n) is 1.63. The van der Waals surface area contributed by atoms with Crippen molar-refractivity contribution in [3.8, 4) is 0 Å². The zero-order valence-corrected chi connectivity index (χ0v) is 11.2. The van der Waals surface area contributed by atoms with Crippen LogP contribution in [0.4, 0.5) is 13.2 Å². The Labute approximate surface area is 107 Å². The molecule has 1 N–H and O–H groups in total. The lowest BCUT2D eigenvalue weighted by atomic mass is 10.1. The van der Waals surface area contributed by atoms with Gasteiger partial charge in [-0.15, -0.1) is 0 Å². The van der Waals surface area contributed by atoms with Crippen molar-refractivity contribution in [1.29, 1.82) is 0 Å². The first-order valence-corrected chi connectivity index (χ1v) is 7.63. The normalized spacial score (nSPS) is 22.5. The molecule has 0 radical (unpaired) electrons. The molecule has 1 aliphatic heterocycles. The van der Waals surface area contributed by atoms with Gasteiger partial charge in [-0.1, -0.05) is 0 Å². The Morgan fingerprint density at radius 3 is 2.33 bits per heavy atom. The summed E-state index contributed by atoms with van der Waals surface area (Å²) in [4.78, 5) is 10.7. The van der Waals surface area contributed by atoms with Crippen molar-refractivity contribution in [2.45, 2.75) is 25.1 Å². The van der Waals surface area contributed by atoms with E-state index in [0.29, 0.717) is 0 Å². The fourth-order valence-corrected chi connectivity index (χ4v) is 3.03. The van der Waals surface area contributed by atoms with Gasteiger partial charge in [0.2, 0.25) is 0 Å². The van der Waals surface area contributed by atoms with Crippen molar-refractivity contribution < 1.29 is 27.1 Å². The standard InChI is InChI=1S/C8H13ClF3N2O3P/c1-17-18(9,16)14-4-2-6(3-5-14)13-7(15)8(10,11)12/h6H,2-5H2,1H3,(H,13,15). The Kier molecular flexibility index (Phi) is 5.05. The number of nitrogens with one attached hydrogen (secondary N) is 1. The van der Waals surface area contributed by atoms with Crippen molar-refractivity contribution in [2.24, 2.45) is 0 Å². The third-order valence-corrected chi connectivity index (χ3v) is 5.21. The van der Waals surface area contributed by atoms with E-state index in [1.165, 1.54) is 11.8 Å². The molecule has 1 aliphatic rings. The maximum Gasteiger partial charge on any atom is 0.471 e. The number of alkyl halides is 3. The second-order valence-electron chi connectivity index (χ2n) is 3.83. The molecule has 0 aliphatic carbocycles. The van der Waals surface area contributed by atoms with Crippen LogP contribution in [0.25, 0.3) is 0 Å². The summed E-state index contributed by atoms with van der Waals surface area (Å²) in [6.45, 7) is -2.96. The first kappa shape index (κ1) is 15.8. The minimum absolute atomic E-state index is 0.206. The molecule has 10 heteroatoms. The third-order valence-electron chi connectivity index (χ3n) is 2.63. The Hall–Kier alpha value is -0.300. The van der Waals surface area contributed by atoms with Gasteiger partial charge in [0.15, 0.2) is 0 Å². The summed E-state index contributed by atoms with van der Waals surface area (Å²) in [5.41, 5.74) is 0. The van der Waals surface area contributed by atoms with E-state index >= 15 is 0 Å². The molecule has 0 aromatic heterocycles. The fraction of sp³-hybridized carbons (Fsp3) is 0.875. The number of halogens is 4. The Balaban J connectivity index is 2.46. The Morgan fingerprint density at radius 1 is 1.44 bits per heavy atom. The van der Waals surface area contributed by atoms with Crippen LogP contribution in [0.5, 0.6) is 0 Å². The van der Waals surface area contributed by atoms with Gasteiger partial charge in [0.1, 0.15) is 0 Å². The smallest absolute Gasteiger partial charge is 0.345 e. The van der Waals surface area contributed by atoms with Gasteiger partial charge in [0.25, 0.3) is 0 Å². The number of rotatable bonds is 3. The quantitative estimate of drug-likeness (QED) is 0.811. The molecule has 0 aromatic rings. The van der Waals surface area contributed by atoms with E-state index in [1.807, 2.05) is 5.32 Å². The second kappa shape index (κ2) is 5.77. The molecule has 18 heavy (non-hydrogen) atoms. The number of nitrogens with zero attached hydrogens (tertiary/aromatic N) is 1. The average Bonchev–Trinajstić information content (AvgIpc) is 2.28. The lowest BCUT2D eigenvalue weighted by Gasteiger charge is -2.33. The molecule has 1 amide bonds. The van der Waals surface area contributed by atoms with Gasteiger partial charge in [-0.25, -0.2) is 4.67 Å². The van der Waals surface area contributed by atoms with Gasteiger partial charge >= 0.3 is 19.0 Å². The Morgan fingerprint density at radius 2 is 1.94 bits per heavy atom. The number of hydrogen-bond donors (Lipinski definition) is 1. The molecule has 0 spiro atoms. The molecule has 1 fully saturated rings. The molecular formula is C8H13ClF3N2O3P. The maximum absolute atomic E-state index is 12.0. The molecule has 1 rings (SSSR count). The van der Waals surface area contributed by atoms with Crippen molar-refractivity contribution in [2.75, 3.05) is 20.2 Å². The SMILES string of the molecule is COP(=O)(Cl)N1CCC(NC(=O)C(F)(F)F)CC1. The van der Waals surface area contributed by atoms with E-state index in [1.54, 1.807) is 0 Å². The first-order valence-electron chi connectivity index (χ1n) is 5.15. The van der Waals surface area contributed by atoms with Crippen LogP contribution in [0.1, 0.15) is 12.8 Å². The van der Waals surface area contributed by atoms with Gasteiger partial charge in [0.05, 0.1) is 0 Å². The molecule has 0 saturated carbocycles. The highest BCUT2D eigenvalue weighted by Crippen LogP contribution is 2.55. The highest BCUT2D eigenvalue weighted by molar-refractivity contribution is 7.83. The van der Waals surface area contributed by atoms with Gasteiger partial charge in [-0.2, -0.15) is 13.2 Å². The van der Waals surface area contributed by atoms with E-state index in [9.17, 15) is 22.5 Å². The molecule has 0 aromatic carbocycles. The summed E-state index contributed by atoms with van der Waals surface area (Å²) in [5.74, 6) is -1.96. The van der Waals surface area contributed by atoms with Crippen LogP contribution in [0.3, 0.4) is 0 Å². The lowest BCUT2D eigenvalue weighted by Crippen LogP contribution is -2.47. The average molecular weight is 309 g/mol. The van der Waals surface area contributed by atoms with Gasteiger partial charge in [0, 0.05) is 26.2 Å². The van der Waals surface area contributed by atoms with Crippen LogP contribution < -0.4 is 5.32 Å². The van der Waals surface area contributed by atoms with Crippen LogP contribution in [0.15, 0.2) is 0 Å². The summed E-state index contributed by atoms with van der Waals surface area (Å²) in [6, 6.07) is -0.594. The van der Waals surface area contributed by atoms with Gasteiger partial charge in [-0.3, -0.25) is 9.36 Å². The van der Waals surface area contributed by atoms with Crippen LogP contribution in [-0.4, -0.2) is 43.0 Å². The third kappa shape index (κ3) is 4.12. The van der Waals surface area contributed by atoms with Crippen LogP contribution in [0.2, 0.25) is 0 Å². The molecule has 0 bridgehead atoms. The topological polar surface area (TPSA) is 58.6 Å². The lowest BCUT2D eigenvalue weighted by molar-refractivity contribution is -0.174. The Bertz CT molecular complexity index is 358. The molecular weight excluding hydrogens is 296 g/mol. The molecule has 1 heterocycles. The highest BCUT2D eigenvalue weighted by Gasteiger charge is 2.41. The van der Waals surface area contributed by atoms with E-state index in [2.05, 4.69) is 4.52 Å². The summed E-state index contributed by atoms with van der Waals surface area (Å²) < 4.78 is 53.7. The first-order chi connectivity index (χ1) is 8.16. The maximum atomic E-state index is 12.0. The van der Waals surface area contributed by atoms with Crippen molar-refractivity contribution >= 4 is 24.0 Å². The van der Waals surface area contributed by atoms with Crippen molar-refractivity contribution in [3.63, 3.8) is 0 Å². The van der Waals surface area contributed by atoms with Crippen molar-refractivity contribution in [1.82, 2.24) is 9.99 Å². The minimum atomic E-state index is -4.88. The van der Waals surface area contributed by atoms with Crippen molar-refractivity contribution in [3.05, 3.63) is 0 Å². The second-order valence-corrected chi connectivity index (χ2v) is 6.95. The highest BCUT2D eigenvalue weighted by atomic mass is 35.7. The van der Waals surface area contributed by atoms with E-state index in [4.69, 9.17) is 11.2 Å². The number of carbonyl (C=O) groups is 1. The van der Waals surface area contributed by atoms with Crippen LogP contribution in [0, 0.1) is 0 Å². The molecule has 1 unspecified atom stereocenters. The van der Waals surface area contributed by atoms with Gasteiger partial charge in [-0.05, 0) is 24.1 Å². The summed E-state index contributed by atoms with van der Waals surface area (Å²) in [6.07, 6.45) is -4.41. The predicted molar refractivity (Wildman–Crippen MR) is 59.3 cm³/mol. The molecule has 1 saturated heterocycles. The number of hydrogen-bond acceptors (Lipinski definition) is 3. The number of carbonyl (C=O) groups excluding carboxylic acids is 1. The molecule has 5 nitrogen and oxygen atoms in total. The predicted octanol–water partition coefficient (Wildman–Crippen LogP) is 2.12. The molecule has 1 atom stereocenters. The number of piperidine rings is 1. The minimum Gasteiger partial charge on any atom is -0.345 e. The largest absolute Gasteiger partial charge is 0.471 e.